The van der Waals surface area contributed by atoms with Gasteiger partial charge in [-0.3, -0.25) is 4.79 Å². The number of carboxylic acid groups (broad SMARTS) is 1. The van der Waals surface area contributed by atoms with Crippen LogP contribution in [0.15, 0.2) is 48.7 Å². The van der Waals surface area contributed by atoms with Gasteiger partial charge in [0.15, 0.2) is 0 Å². The van der Waals surface area contributed by atoms with Gasteiger partial charge < -0.3 is 20.1 Å². The molecule has 0 fully saturated rings. The van der Waals surface area contributed by atoms with Crippen LogP contribution >= 0.6 is 12.6 Å². The van der Waals surface area contributed by atoms with E-state index in [0.717, 1.165) is 40.6 Å². The van der Waals surface area contributed by atoms with E-state index in [1.54, 1.807) is 7.11 Å². The molecule has 7 heteroatoms. The Morgan fingerprint density at radius 2 is 2.10 bits per heavy atom. The number of benzene rings is 2. The number of rotatable bonds is 8. The molecule has 3 atom stereocenters. The summed E-state index contributed by atoms with van der Waals surface area (Å²) in [4.78, 5) is 28.3. The minimum atomic E-state index is -1.05. The number of fused-ring (bicyclic) bond motifs is 2. The van der Waals surface area contributed by atoms with Crippen LogP contribution in [0, 0.1) is 5.92 Å². The molecule has 31 heavy (non-hydrogen) atoms. The van der Waals surface area contributed by atoms with Crippen LogP contribution < -0.4 is 10.1 Å². The molecule has 3 aromatic rings. The number of nitrogens with one attached hydrogen (secondary N) is 2. The number of carbonyl (C=O) groups excluding carboxylic acids is 1. The van der Waals surface area contributed by atoms with Gasteiger partial charge in [0.2, 0.25) is 5.91 Å². The van der Waals surface area contributed by atoms with Gasteiger partial charge in [-0.05, 0) is 53.6 Å². The van der Waals surface area contributed by atoms with Crippen LogP contribution in [0.25, 0.3) is 10.9 Å². The number of amides is 1. The van der Waals surface area contributed by atoms with Gasteiger partial charge in [-0.15, -0.1) is 0 Å². The summed E-state index contributed by atoms with van der Waals surface area (Å²) in [5.41, 5.74) is 4.11. The normalized spacial score (nSPS) is 17.2. The lowest BCUT2D eigenvalue weighted by atomic mass is 9.87. The smallest absolute Gasteiger partial charge is 0.326 e. The SMILES string of the molecule is COc1ccc2c(c1)C(C(CS)C(=O)N[C@@H](Cc1c[nH]c3ccccc13)C(=O)O)CC2. The van der Waals surface area contributed by atoms with Crippen LogP contribution in [0.1, 0.15) is 29.0 Å². The molecule has 2 aromatic carbocycles. The van der Waals surface area contributed by atoms with Crippen molar-refractivity contribution >= 4 is 35.4 Å². The largest absolute Gasteiger partial charge is 0.497 e. The van der Waals surface area contributed by atoms with Crippen molar-refractivity contribution in [1.82, 2.24) is 10.3 Å². The van der Waals surface area contributed by atoms with Crippen LogP contribution in [0.2, 0.25) is 0 Å². The molecule has 6 nitrogen and oxygen atoms in total. The van der Waals surface area contributed by atoms with E-state index in [1.807, 2.05) is 48.7 Å². The average molecular weight is 439 g/mol. The zero-order chi connectivity index (χ0) is 22.0. The average Bonchev–Trinajstić information content (AvgIpc) is 3.38. The highest BCUT2D eigenvalue weighted by Gasteiger charge is 2.35. The molecule has 0 saturated carbocycles. The van der Waals surface area contributed by atoms with E-state index in [1.165, 1.54) is 5.56 Å². The molecule has 4 rings (SSSR count). The lowest BCUT2D eigenvalue weighted by Crippen LogP contribution is -2.46. The van der Waals surface area contributed by atoms with Crippen molar-refractivity contribution in [2.45, 2.75) is 31.2 Å². The number of para-hydroxylation sites is 1. The zero-order valence-corrected chi connectivity index (χ0v) is 18.2. The third kappa shape index (κ3) is 4.28. The van der Waals surface area contributed by atoms with Gasteiger partial charge in [-0.2, -0.15) is 12.6 Å². The standard InChI is InChI=1S/C24H26N2O4S/c1-30-16-8-6-14-7-9-18(19(14)11-16)20(13-31)23(27)26-22(24(28)29)10-15-12-25-21-5-3-2-4-17(15)21/h2-6,8,11-12,18,20,22,25,31H,7,9-10,13H2,1H3,(H,26,27)(H,28,29)/t18?,20?,22-/m0/s1. The number of carboxylic acids is 1. The lowest BCUT2D eigenvalue weighted by Gasteiger charge is -2.24. The maximum atomic E-state index is 13.2. The molecule has 1 amide bonds. The van der Waals surface area contributed by atoms with Crippen molar-refractivity contribution in [2.24, 2.45) is 5.92 Å². The summed E-state index contributed by atoms with van der Waals surface area (Å²) in [6, 6.07) is 12.7. The van der Waals surface area contributed by atoms with Gasteiger partial charge in [0.05, 0.1) is 13.0 Å². The van der Waals surface area contributed by atoms with E-state index in [4.69, 9.17) is 4.74 Å². The molecule has 1 heterocycles. The number of aromatic nitrogens is 1. The van der Waals surface area contributed by atoms with Crippen molar-refractivity contribution in [3.05, 3.63) is 65.4 Å². The highest BCUT2D eigenvalue weighted by Crippen LogP contribution is 2.40. The second kappa shape index (κ2) is 9.06. The Morgan fingerprint density at radius 1 is 1.29 bits per heavy atom. The van der Waals surface area contributed by atoms with E-state index in [0.29, 0.717) is 5.75 Å². The predicted molar refractivity (Wildman–Crippen MR) is 123 cm³/mol. The minimum absolute atomic E-state index is 0.00914. The molecule has 0 bridgehead atoms. The van der Waals surface area contributed by atoms with E-state index in [2.05, 4.69) is 22.9 Å². The fourth-order valence-electron chi connectivity index (χ4n) is 4.55. The van der Waals surface area contributed by atoms with E-state index in [9.17, 15) is 14.7 Å². The fourth-order valence-corrected chi connectivity index (χ4v) is 4.97. The van der Waals surface area contributed by atoms with Gasteiger partial charge in [-0.1, -0.05) is 24.3 Å². The second-order valence-corrected chi connectivity index (χ2v) is 8.33. The quantitative estimate of drug-likeness (QED) is 0.405. The number of hydrogen-bond donors (Lipinski definition) is 4. The molecule has 0 aliphatic heterocycles. The molecule has 0 radical (unpaired) electrons. The Hall–Kier alpha value is -2.93. The molecular weight excluding hydrogens is 412 g/mol. The Morgan fingerprint density at radius 3 is 2.84 bits per heavy atom. The molecule has 162 valence electrons. The van der Waals surface area contributed by atoms with Gasteiger partial charge in [0, 0.05) is 29.3 Å². The van der Waals surface area contributed by atoms with Crippen LogP contribution in [-0.4, -0.2) is 40.9 Å². The molecule has 1 aromatic heterocycles. The van der Waals surface area contributed by atoms with Crippen molar-refractivity contribution < 1.29 is 19.4 Å². The van der Waals surface area contributed by atoms with Gasteiger partial charge >= 0.3 is 5.97 Å². The number of carbonyl (C=O) groups is 2. The fraction of sp³-hybridized carbons (Fsp3) is 0.333. The monoisotopic (exact) mass is 438 g/mol. The van der Waals surface area contributed by atoms with Crippen LogP contribution in [-0.2, 0) is 22.4 Å². The Labute approximate surface area is 186 Å². The summed E-state index contributed by atoms with van der Waals surface area (Å²) in [5.74, 6) is -0.654. The van der Waals surface area contributed by atoms with Crippen LogP contribution in [0.3, 0.4) is 0 Å². The van der Waals surface area contributed by atoms with Crippen molar-refractivity contribution in [3.8, 4) is 5.75 Å². The van der Waals surface area contributed by atoms with Gasteiger partial charge in [-0.25, -0.2) is 4.79 Å². The summed E-state index contributed by atoms with van der Waals surface area (Å²) >= 11 is 4.44. The summed E-state index contributed by atoms with van der Waals surface area (Å²) in [6.45, 7) is 0. The molecular formula is C24H26N2O4S. The Bertz CT molecular complexity index is 1110. The molecule has 1 aliphatic carbocycles. The first-order valence-corrected chi connectivity index (χ1v) is 11.0. The number of thiol groups is 1. The number of hydrogen-bond acceptors (Lipinski definition) is 4. The number of aryl methyl sites for hydroxylation is 1. The Balaban J connectivity index is 1.53. The maximum absolute atomic E-state index is 13.2. The van der Waals surface area contributed by atoms with Crippen LogP contribution in [0.5, 0.6) is 5.75 Å². The number of ether oxygens (including phenoxy) is 1. The number of H-pyrrole nitrogens is 1. The Kier molecular flexibility index (Phi) is 6.23. The highest BCUT2D eigenvalue weighted by atomic mass is 32.1. The minimum Gasteiger partial charge on any atom is -0.497 e. The number of methoxy groups -OCH3 is 1. The summed E-state index contributed by atoms with van der Waals surface area (Å²) in [6.07, 6.45) is 3.74. The zero-order valence-electron chi connectivity index (χ0n) is 17.3. The first-order chi connectivity index (χ1) is 15.0. The lowest BCUT2D eigenvalue weighted by molar-refractivity contribution is -0.142. The van der Waals surface area contributed by atoms with E-state index in [-0.39, 0.29) is 18.2 Å². The van der Waals surface area contributed by atoms with Gasteiger partial charge in [0.25, 0.3) is 0 Å². The van der Waals surface area contributed by atoms with Crippen molar-refractivity contribution in [3.63, 3.8) is 0 Å². The number of aliphatic carboxylic acids is 1. The molecule has 2 unspecified atom stereocenters. The third-order valence-corrected chi connectivity index (χ3v) is 6.60. The first-order valence-electron chi connectivity index (χ1n) is 10.4. The second-order valence-electron chi connectivity index (χ2n) is 7.96. The molecule has 1 aliphatic rings. The van der Waals surface area contributed by atoms with Crippen molar-refractivity contribution in [2.75, 3.05) is 12.9 Å². The maximum Gasteiger partial charge on any atom is 0.326 e. The van der Waals surface area contributed by atoms with Gasteiger partial charge in [0.1, 0.15) is 11.8 Å². The van der Waals surface area contributed by atoms with Crippen LogP contribution in [0.4, 0.5) is 0 Å². The van der Waals surface area contributed by atoms with E-state index < -0.39 is 17.9 Å². The topological polar surface area (TPSA) is 91.4 Å². The summed E-state index contributed by atoms with van der Waals surface area (Å²) in [7, 11) is 1.62. The summed E-state index contributed by atoms with van der Waals surface area (Å²) < 4.78 is 5.35. The highest BCUT2D eigenvalue weighted by molar-refractivity contribution is 7.80. The third-order valence-electron chi connectivity index (χ3n) is 6.21. The first kappa shape index (κ1) is 21.3. The molecule has 0 spiro atoms. The predicted octanol–water partition coefficient (Wildman–Crippen LogP) is 3.56. The molecule has 0 saturated heterocycles. The summed E-state index contributed by atoms with van der Waals surface area (Å²) in [5, 5.41) is 13.5. The number of aromatic amines is 1. The van der Waals surface area contributed by atoms with Crippen molar-refractivity contribution in [1.29, 1.82) is 0 Å². The molecule has 3 N–H and O–H groups in total. The van der Waals surface area contributed by atoms with E-state index >= 15 is 0 Å².